The number of carbonyl (C=O) groups excluding carboxylic acids is 1. The van der Waals surface area contributed by atoms with E-state index in [0.717, 1.165) is 6.07 Å². The Kier molecular flexibility index (Phi) is 3.98. The summed E-state index contributed by atoms with van der Waals surface area (Å²) < 4.78 is 38.3. The molecule has 0 aromatic heterocycles. The van der Waals surface area contributed by atoms with Crippen LogP contribution in [0.5, 0.6) is 0 Å². The molecule has 0 aliphatic carbocycles. The normalized spacial score (nSPS) is 12.1. The SMILES string of the molecule is C/C=C\c1cc(C)c(C(=O)Cl)cc1C(F)(F)F. The Balaban J connectivity index is 3.53. The summed E-state index contributed by atoms with van der Waals surface area (Å²) in [5.41, 5.74) is -0.525. The predicted octanol–water partition coefficient (Wildman–Crippen LogP) is 4.43. The van der Waals surface area contributed by atoms with Gasteiger partial charge in [-0.1, -0.05) is 18.2 Å². The lowest BCUT2D eigenvalue weighted by molar-refractivity contribution is -0.137. The Bertz CT molecular complexity index is 475. The molecule has 0 amide bonds. The number of aryl methyl sites for hydroxylation is 1. The van der Waals surface area contributed by atoms with Gasteiger partial charge in [0.25, 0.3) is 5.24 Å². The van der Waals surface area contributed by atoms with E-state index in [1.807, 2.05) is 0 Å². The molecule has 0 aliphatic rings. The minimum absolute atomic E-state index is 0.0270. The summed E-state index contributed by atoms with van der Waals surface area (Å²) in [5.74, 6) is 0. The first kappa shape index (κ1) is 13.8. The maximum absolute atomic E-state index is 12.8. The third kappa shape index (κ3) is 3.09. The van der Waals surface area contributed by atoms with Gasteiger partial charge in [0, 0.05) is 5.56 Å². The van der Waals surface area contributed by atoms with Crippen molar-refractivity contribution in [1.29, 1.82) is 0 Å². The van der Waals surface area contributed by atoms with Gasteiger partial charge in [-0.25, -0.2) is 0 Å². The van der Waals surface area contributed by atoms with Gasteiger partial charge in [-0.2, -0.15) is 13.2 Å². The molecule has 0 radical (unpaired) electrons. The quantitative estimate of drug-likeness (QED) is 0.721. The number of hydrogen-bond acceptors (Lipinski definition) is 1. The molecule has 17 heavy (non-hydrogen) atoms. The Labute approximate surface area is 102 Å². The zero-order valence-corrected chi connectivity index (χ0v) is 9.99. The topological polar surface area (TPSA) is 17.1 Å². The number of hydrogen-bond donors (Lipinski definition) is 0. The minimum atomic E-state index is -4.51. The van der Waals surface area contributed by atoms with E-state index in [4.69, 9.17) is 11.6 Å². The van der Waals surface area contributed by atoms with Gasteiger partial charge in [0.2, 0.25) is 0 Å². The molecule has 0 aliphatic heterocycles. The summed E-state index contributed by atoms with van der Waals surface area (Å²) in [6.45, 7) is 3.17. The fourth-order valence-electron chi connectivity index (χ4n) is 1.50. The van der Waals surface area contributed by atoms with E-state index in [1.165, 1.54) is 18.2 Å². The summed E-state index contributed by atoms with van der Waals surface area (Å²) in [4.78, 5) is 11.0. The van der Waals surface area contributed by atoms with Gasteiger partial charge in [-0.05, 0) is 42.6 Å². The number of rotatable bonds is 2. The van der Waals surface area contributed by atoms with E-state index < -0.39 is 17.0 Å². The van der Waals surface area contributed by atoms with Crippen molar-refractivity contribution in [2.45, 2.75) is 20.0 Å². The summed E-state index contributed by atoms with van der Waals surface area (Å²) in [5, 5.41) is -0.889. The van der Waals surface area contributed by atoms with Crippen molar-refractivity contribution < 1.29 is 18.0 Å². The fraction of sp³-hybridized carbons (Fsp3) is 0.250. The Morgan fingerprint density at radius 2 is 1.94 bits per heavy atom. The first-order valence-electron chi connectivity index (χ1n) is 4.81. The number of carbonyl (C=O) groups is 1. The van der Waals surface area contributed by atoms with Gasteiger partial charge in [0.1, 0.15) is 0 Å². The summed E-state index contributed by atoms with van der Waals surface area (Å²) in [6.07, 6.45) is -1.66. The Morgan fingerprint density at radius 1 is 1.35 bits per heavy atom. The van der Waals surface area contributed by atoms with Crippen LogP contribution in [0.15, 0.2) is 18.2 Å². The summed E-state index contributed by atoms with van der Waals surface area (Å²) in [6, 6.07) is 2.10. The van der Waals surface area contributed by atoms with E-state index in [-0.39, 0.29) is 11.1 Å². The van der Waals surface area contributed by atoms with Crippen LogP contribution in [0.4, 0.5) is 13.2 Å². The van der Waals surface area contributed by atoms with Crippen LogP contribution in [0.25, 0.3) is 6.08 Å². The molecule has 1 aromatic rings. The van der Waals surface area contributed by atoms with Crippen LogP contribution in [0.3, 0.4) is 0 Å². The molecule has 0 unspecified atom stereocenters. The highest BCUT2D eigenvalue weighted by Gasteiger charge is 2.33. The monoisotopic (exact) mass is 262 g/mol. The molecule has 0 atom stereocenters. The zero-order chi connectivity index (χ0) is 13.2. The van der Waals surface area contributed by atoms with Crippen molar-refractivity contribution in [2.24, 2.45) is 0 Å². The zero-order valence-electron chi connectivity index (χ0n) is 9.23. The Hall–Kier alpha value is -1.29. The maximum atomic E-state index is 12.8. The van der Waals surface area contributed by atoms with Gasteiger partial charge in [-0.15, -0.1) is 0 Å². The van der Waals surface area contributed by atoms with Crippen LogP contribution < -0.4 is 0 Å². The molecule has 0 saturated heterocycles. The average Bonchev–Trinajstić information content (AvgIpc) is 2.15. The van der Waals surface area contributed by atoms with Gasteiger partial charge >= 0.3 is 6.18 Å². The molecule has 5 heteroatoms. The van der Waals surface area contributed by atoms with Crippen LogP contribution in [-0.2, 0) is 6.18 Å². The van der Waals surface area contributed by atoms with Gasteiger partial charge in [0.05, 0.1) is 5.56 Å². The first-order chi connectivity index (χ1) is 7.77. The highest BCUT2D eigenvalue weighted by Crippen LogP contribution is 2.34. The fourth-order valence-corrected chi connectivity index (χ4v) is 1.71. The summed E-state index contributed by atoms with van der Waals surface area (Å²) >= 11 is 5.24. The highest BCUT2D eigenvalue weighted by atomic mass is 35.5. The molecule has 0 fully saturated rings. The molecule has 1 rings (SSSR count). The highest BCUT2D eigenvalue weighted by molar-refractivity contribution is 6.67. The van der Waals surface area contributed by atoms with Crippen molar-refractivity contribution in [3.63, 3.8) is 0 Å². The first-order valence-corrected chi connectivity index (χ1v) is 5.19. The molecule has 0 bridgehead atoms. The lowest BCUT2D eigenvalue weighted by atomic mass is 9.99. The molecular formula is C12H10ClF3O. The van der Waals surface area contributed by atoms with Crippen molar-refractivity contribution in [3.8, 4) is 0 Å². The molecule has 0 saturated carbocycles. The molecule has 0 spiro atoms. The van der Waals surface area contributed by atoms with Crippen LogP contribution in [0.2, 0.25) is 0 Å². The van der Waals surface area contributed by atoms with Crippen molar-refractivity contribution in [1.82, 2.24) is 0 Å². The van der Waals surface area contributed by atoms with Crippen LogP contribution in [0, 0.1) is 6.92 Å². The smallest absolute Gasteiger partial charge is 0.276 e. The number of benzene rings is 1. The molecular weight excluding hydrogens is 253 g/mol. The Morgan fingerprint density at radius 3 is 2.35 bits per heavy atom. The van der Waals surface area contributed by atoms with Crippen molar-refractivity contribution >= 4 is 22.9 Å². The lowest BCUT2D eigenvalue weighted by Gasteiger charge is -2.13. The van der Waals surface area contributed by atoms with Gasteiger partial charge in [0.15, 0.2) is 0 Å². The molecule has 0 heterocycles. The maximum Gasteiger partial charge on any atom is 0.417 e. The lowest BCUT2D eigenvalue weighted by Crippen LogP contribution is -2.10. The third-order valence-corrected chi connectivity index (χ3v) is 2.46. The van der Waals surface area contributed by atoms with E-state index >= 15 is 0 Å². The third-order valence-electron chi connectivity index (χ3n) is 2.26. The largest absolute Gasteiger partial charge is 0.417 e. The number of allylic oxidation sites excluding steroid dienone is 1. The van der Waals surface area contributed by atoms with E-state index in [0.29, 0.717) is 5.56 Å². The number of halogens is 4. The molecule has 0 N–H and O–H groups in total. The molecule has 1 nitrogen and oxygen atoms in total. The van der Waals surface area contributed by atoms with Gasteiger partial charge in [-0.3, -0.25) is 4.79 Å². The van der Waals surface area contributed by atoms with E-state index in [2.05, 4.69) is 0 Å². The summed E-state index contributed by atoms with van der Waals surface area (Å²) in [7, 11) is 0. The van der Waals surface area contributed by atoms with E-state index in [9.17, 15) is 18.0 Å². The van der Waals surface area contributed by atoms with Crippen LogP contribution in [-0.4, -0.2) is 5.24 Å². The number of alkyl halides is 3. The predicted molar refractivity (Wildman–Crippen MR) is 61.1 cm³/mol. The van der Waals surface area contributed by atoms with Crippen molar-refractivity contribution in [3.05, 3.63) is 40.5 Å². The molecule has 92 valence electrons. The average molecular weight is 263 g/mol. The standard InChI is InChI=1S/C12H10ClF3O/c1-3-4-8-5-7(2)9(11(13)17)6-10(8)12(14,15)16/h3-6H,1-2H3/b4-3-. The minimum Gasteiger partial charge on any atom is -0.276 e. The van der Waals surface area contributed by atoms with Crippen LogP contribution >= 0.6 is 11.6 Å². The van der Waals surface area contributed by atoms with Gasteiger partial charge < -0.3 is 0 Å². The van der Waals surface area contributed by atoms with Crippen molar-refractivity contribution in [2.75, 3.05) is 0 Å². The van der Waals surface area contributed by atoms with Crippen LogP contribution in [0.1, 0.15) is 34.0 Å². The van der Waals surface area contributed by atoms with E-state index in [1.54, 1.807) is 13.8 Å². The second-order valence-corrected chi connectivity index (χ2v) is 3.87. The second kappa shape index (κ2) is 4.92. The second-order valence-electron chi connectivity index (χ2n) is 3.53. The molecule has 1 aromatic carbocycles.